The van der Waals surface area contributed by atoms with Gasteiger partial charge in [0, 0.05) is 44.2 Å². The number of guanidine groups is 1. The zero-order chi connectivity index (χ0) is 21.5. The highest BCUT2D eigenvalue weighted by Crippen LogP contribution is 2.33. The third-order valence-corrected chi connectivity index (χ3v) is 6.60. The van der Waals surface area contributed by atoms with Gasteiger partial charge in [-0.3, -0.25) is 9.89 Å². The first kappa shape index (κ1) is 21.7. The van der Waals surface area contributed by atoms with E-state index >= 15 is 0 Å². The van der Waals surface area contributed by atoms with Crippen LogP contribution in [0.1, 0.15) is 56.2 Å². The van der Waals surface area contributed by atoms with Gasteiger partial charge in [0.25, 0.3) is 0 Å². The molecule has 2 aromatic carbocycles. The number of benzene rings is 2. The van der Waals surface area contributed by atoms with E-state index in [-0.39, 0.29) is 0 Å². The molecule has 2 unspecified atom stereocenters. The van der Waals surface area contributed by atoms with Crippen molar-refractivity contribution < 1.29 is 4.74 Å². The van der Waals surface area contributed by atoms with E-state index in [2.05, 4.69) is 77.9 Å². The standard InChI is InChI=1S/C26H36N4O/c1-3-27-26(28-19-22-15-18-31-25-12-8-7-11-24(22)25)29-23-13-16-30(17-14-23)20(2)21-9-5-4-6-10-21/h4-12,20,22-23H,3,13-19H2,1-2H3,(H2,27,28,29). The van der Waals surface area contributed by atoms with Crippen molar-refractivity contribution in [2.75, 3.05) is 32.8 Å². The number of hydrogen-bond acceptors (Lipinski definition) is 3. The number of ether oxygens (including phenoxy) is 1. The summed E-state index contributed by atoms with van der Waals surface area (Å²) in [6.07, 6.45) is 3.30. The molecule has 5 heteroatoms. The van der Waals surface area contributed by atoms with Gasteiger partial charge in [-0.1, -0.05) is 48.5 Å². The fraction of sp³-hybridized carbons (Fsp3) is 0.500. The summed E-state index contributed by atoms with van der Waals surface area (Å²) < 4.78 is 5.81. The van der Waals surface area contributed by atoms with E-state index in [0.717, 1.165) is 63.8 Å². The summed E-state index contributed by atoms with van der Waals surface area (Å²) in [5, 5.41) is 7.15. The monoisotopic (exact) mass is 420 g/mol. The van der Waals surface area contributed by atoms with E-state index in [1.54, 1.807) is 0 Å². The van der Waals surface area contributed by atoms with Crippen LogP contribution >= 0.6 is 0 Å². The van der Waals surface area contributed by atoms with Crippen LogP contribution in [0.3, 0.4) is 0 Å². The Kier molecular flexibility index (Phi) is 7.47. The molecule has 0 spiro atoms. The lowest BCUT2D eigenvalue weighted by molar-refractivity contribution is 0.158. The van der Waals surface area contributed by atoms with E-state index in [0.29, 0.717) is 18.0 Å². The summed E-state index contributed by atoms with van der Waals surface area (Å²) in [5.74, 6) is 2.39. The number of rotatable bonds is 6. The molecule has 2 aliphatic rings. The SMILES string of the molecule is CCNC(=NCC1CCOc2ccccc21)NC1CCN(C(C)c2ccccc2)CC1. The molecule has 1 fully saturated rings. The molecule has 0 saturated carbocycles. The third-order valence-electron chi connectivity index (χ3n) is 6.60. The molecule has 0 amide bonds. The molecule has 0 radical (unpaired) electrons. The third kappa shape index (κ3) is 5.59. The van der Waals surface area contributed by atoms with Gasteiger partial charge in [0.1, 0.15) is 5.75 Å². The Balaban J connectivity index is 1.32. The largest absolute Gasteiger partial charge is 0.493 e. The maximum absolute atomic E-state index is 5.81. The van der Waals surface area contributed by atoms with E-state index in [1.165, 1.54) is 11.1 Å². The normalized spacial score (nSPS) is 21.1. The predicted molar refractivity (Wildman–Crippen MR) is 128 cm³/mol. The van der Waals surface area contributed by atoms with Crippen LogP contribution < -0.4 is 15.4 Å². The van der Waals surface area contributed by atoms with Gasteiger partial charge < -0.3 is 15.4 Å². The Hall–Kier alpha value is -2.53. The number of nitrogens with one attached hydrogen (secondary N) is 2. The van der Waals surface area contributed by atoms with Crippen molar-refractivity contribution in [3.8, 4) is 5.75 Å². The number of nitrogens with zero attached hydrogens (tertiary/aromatic N) is 2. The van der Waals surface area contributed by atoms with Gasteiger partial charge in [0.05, 0.1) is 6.61 Å². The lowest BCUT2D eigenvalue weighted by atomic mass is 9.93. The first-order chi connectivity index (χ1) is 15.2. The van der Waals surface area contributed by atoms with Crippen molar-refractivity contribution >= 4 is 5.96 Å². The summed E-state index contributed by atoms with van der Waals surface area (Å²) in [7, 11) is 0. The molecule has 2 aromatic rings. The second kappa shape index (κ2) is 10.7. The van der Waals surface area contributed by atoms with Crippen LogP contribution in [0, 0.1) is 0 Å². The summed E-state index contributed by atoms with van der Waals surface area (Å²) in [5.41, 5.74) is 2.69. The molecule has 2 heterocycles. The number of piperidine rings is 1. The zero-order valence-corrected chi connectivity index (χ0v) is 18.9. The van der Waals surface area contributed by atoms with Crippen molar-refractivity contribution in [2.45, 2.75) is 51.1 Å². The molecular formula is C26H36N4O. The van der Waals surface area contributed by atoms with Crippen LogP contribution in [0.2, 0.25) is 0 Å². The molecule has 0 aliphatic carbocycles. The smallest absolute Gasteiger partial charge is 0.191 e. The van der Waals surface area contributed by atoms with Crippen molar-refractivity contribution in [3.05, 3.63) is 65.7 Å². The van der Waals surface area contributed by atoms with Crippen LogP contribution in [-0.2, 0) is 0 Å². The zero-order valence-electron chi connectivity index (χ0n) is 18.9. The fourth-order valence-corrected chi connectivity index (χ4v) is 4.69. The van der Waals surface area contributed by atoms with Gasteiger partial charge in [0.2, 0.25) is 0 Å². The molecule has 0 aromatic heterocycles. The minimum absolute atomic E-state index is 0.425. The molecule has 2 N–H and O–H groups in total. The Morgan fingerprint density at radius 3 is 2.58 bits per heavy atom. The minimum Gasteiger partial charge on any atom is -0.493 e. The highest BCUT2D eigenvalue weighted by atomic mass is 16.5. The van der Waals surface area contributed by atoms with Crippen LogP contribution in [-0.4, -0.2) is 49.7 Å². The number of aliphatic imine (C=N–C) groups is 1. The number of para-hydroxylation sites is 1. The number of likely N-dealkylation sites (tertiary alicyclic amines) is 1. The Bertz CT molecular complexity index is 845. The Morgan fingerprint density at radius 2 is 1.81 bits per heavy atom. The molecule has 5 nitrogen and oxygen atoms in total. The van der Waals surface area contributed by atoms with Gasteiger partial charge in [-0.15, -0.1) is 0 Å². The van der Waals surface area contributed by atoms with Gasteiger partial charge in [-0.2, -0.15) is 0 Å². The number of hydrogen-bond donors (Lipinski definition) is 2. The highest BCUT2D eigenvalue weighted by Gasteiger charge is 2.25. The molecule has 166 valence electrons. The van der Waals surface area contributed by atoms with Crippen LogP contribution in [0.5, 0.6) is 5.75 Å². The van der Waals surface area contributed by atoms with E-state index in [4.69, 9.17) is 9.73 Å². The van der Waals surface area contributed by atoms with Crippen molar-refractivity contribution in [2.24, 2.45) is 4.99 Å². The van der Waals surface area contributed by atoms with Crippen LogP contribution in [0.15, 0.2) is 59.6 Å². The van der Waals surface area contributed by atoms with Crippen molar-refractivity contribution in [3.63, 3.8) is 0 Å². The summed E-state index contributed by atoms with van der Waals surface area (Å²) in [6.45, 7) is 9.12. The first-order valence-corrected chi connectivity index (χ1v) is 11.8. The lowest BCUT2D eigenvalue weighted by Crippen LogP contribution is -2.49. The molecule has 2 atom stereocenters. The second-order valence-corrected chi connectivity index (χ2v) is 8.63. The van der Waals surface area contributed by atoms with Crippen molar-refractivity contribution in [1.82, 2.24) is 15.5 Å². The maximum Gasteiger partial charge on any atom is 0.191 e. The Labute approximate surface area is 186 Å². The predicted octanol–water partition coefficient (Wildman–Crippen LogP) is 4.33. The first-order valence-electron chi connectivity index (χ1n) is 11.8. The highest BCUT2D eigenvalue weighted by molar-refractivity contribution is 5.80. The fourth-order valence-electron chi connectivity index (χ4n) is 4.69. The molecule has 1 saturated heterocycles. The van der Waals surface area contributed by atoms with Crippen molar-refractivity contribution in [1.29, 1.82) is 0 Å². The average Bonchev–Trinajstić information content (AvgIpc) is 2.83. The lowest BCUT2D eigenvalue weighted by Gasteiger charge is -2.37. The molecular weight excluding hydrogens is 384 g/mol. The van der Waals surface area contributed by atoms with Gasteiger partial charge >= 0.3 is 0 Å². The maximum atomic E-state index is 5.81. The van der Waals surface area contributed by atoms with E-state index in [1.807, 2.05) is 6.07 Å². The van der Waals surface area contributed by atoms with Gasteiger partial charge in [0.15, 0.2) is 5.96 Å². The molecule has 31 heavy (non-hydrogen) atoms. The summed E-state index contributed by atoms with van der Waals surface area (Å²) >= 11 is 0. The average molecular weight is 421 g/mol. The summed E-state index contributed by atoms with van der Waals surface area (Å²) in [6, 6.07) is 20.2. The molecule has 0 bridgehead atoms. The molecule has 2 aliphatic heterocycles. The van der Waals surface area contributed by atoms with Gasteiger partial charge in [-0.25, -0.2) is 0 Å². The van der Waals surface area contributed by atoms with E-state index < -0.39 is 0 Å². The Morgan fingerprint density at radius 1 is 1.06 bits per heavy atom. The van der Waals surface area contributed by atoms with Crippen LogP contribution in [0.25, 0.3) is 0 Å². The van der Waals surface area contributed by atoms with Gasteiger partial charge in [-0.05, 0) is 50.3 Å². The minimum atomic E-state index is 0.425. The topological polar surface area (TPSA) is 48.9 Å². The van der Waals surface area contributed by atoms with Crippen LogP contribution in [0.4, 0.5) is 0 Å². The second-order valence-electron chi connectivity index (χ2n) is 8.63. The molecule has 4 rings (SSSR count). The van der Waals surface area contributed by atoms with E-state index in [9.17, 15) is 0 Å². The quantitative estimate of drug-likeness (QED) is 0.539. The number of fused-ring (bicyclic) bond motifs is 1. The summed E-state index contributed by atoms with van der Waals surface area (Å²) in [4.78, 5) is 7.55.